The lowest BCUT2D eigenvalue weighted by Crippen LogP contribution is -2.82. The van der Waals surface area contributed by atoms with Crippen LogP contribution in [0.1, 0.15) is 38.9 Å². The topological polar surface area (TPSA) is 7.76 Å². The summed E-state index contributed by atoms with van der Waals surface area (Å²) in [7, 11) is 0. The molecule has 0 amide bonds. The highest BCUT2D eigenvalue weighted by molar-refractivity contribution is 5.98. The van der Waals surface area contributed by atoms with Gasteiger partial charge in [0, 0.05) is 35.4 Å². The van der Waals surface area contributed by atoms with Crippen molar-refractivity contribution in [2.45, 2.75) is 26.2 Å². The molecule has 0 fully saturated rings. The van der Waals surface area contributed by atoms with E-state index in [1.165, 1.54) is 84.0 Å². The summed E-state index contributed by atoms with van der Waals surface area (Å²) in [4.78, 5) is 0. The molecule has 0 saturated heterocycles. The number of hydrogen-bond donors (Lipinski definition) is 0. The molecule has 0 saturated carbocycles. The lowest BCUT2D eigenvalue weighted by Gasteiger charge is -2.38. The Bertz CT molecular complexity index is 2160. The summed E-state index contributed by atoms with van der Waals surface area (Å²) in [5.74, 6) is 0. The fourth-order valence-electron chi connectivity index (χ4n) is 8.70. The zero-order valence-electron chi connectivity index (χ0n) is 23.3. The molecule has 6 aromatic rings. The minimum atomic E-state index is -0.411. The minimum Gasteiger partial charge on any atom is -0.0619 e. The van der Waals surface area contributed by atoms with Crippen LogP contribution in [0.5, 0.6) is 0 Å². The second kappa shape index (κ2) is 6.88. The monoisotopic (exact) mass is 526 g/mol. The van der Waals surface area contributed by atoms with Gasteiger partial charge in [-0.3, -0.25) is 0 Å². The molecule has 1 unspecified atom stereocenters. The number of rotatable bonds is 0. The standard InChI is InChI=1S/C38H28N3/c1-23-15-17-39-34(21-23)28-11-8-14-32-36(28)41(39)37-29(35-22-24(2)16-18-40(35)41)19-25(3)20-33(37)38(32)30-12-6-4-9-26(30)27-10-5-7-13-31(27)38/h4-22H,1-3H3/q+3. The summed E-state index contributed by atoms with van der Waals surface area (Å²) in [5, 5.41) is 0. The second-order valence-electron chi connectivity index (χ2n) is 12.2. The van der Waals surface area contributed by atoms with Crippen molar-refractivity contribution in [3.8, 4) is 33.6 Å². The number of para-hydroxylation sites is 1. The first kappa shape index (κ1) is 21.9. The second-order valence-corrected chi connectivity index (χ2v) is 12.2. The normalized spacial score (nSPS) is 18.4. The van der Waals surface area contributed by atoms with E-state index in [0.717, 1.165) is 0 Å². The van der Waals surface area contributed by atoms with Gasteiger partial charge < -0.3 is 0 Å². The number of aromatic nitrogens is 2. The molecule has 4 aliphatic rings. The molecule has 192 valence electrons. The van der Waals surface area contributed by atoms with E-state index in [9.17, 15) is 0 Å². The van der Waals surface area contributed by atoms with E-state index in [-0.39, 0.29) is 0 Å². The Morgan fingerprint density at radius 3 is 1.66 bits per heavy atom. The molecule has 0 bridgehead atoms. The van der Waals surface area contributed by atoms with Crippen LogP contribution in [-0.2, 0) is 5.41 Å². The molecule has 0 radical (unpaired) electrons. The molecular formula is C38H28N3+3. The van der Waals surface area contributed by atoms with Gasteiger partial charge in [0.2, 0.25) is 12.4 Å². The molecule has 3 aliphatic heterocycles. The minimum absolute atomic E-state index is 0.411. The molecule has 2 spiro atoms. The van der Waals surface area contributed by atoms with Crippen molar-refractivity contribution in [3.63, 3.8) is 0 Å². The predicted molar refractivity (Wildman–Crippen MR) is 161 cm³/mol. The number of quaternary nitrogens is 1. The first-order valence-corrected chi connectivity index (χ1v) is 14.5. The zero-order chi connectivity index (χ0) is 27.2. The van der Waals surface area contributed by atoms with Crippen LogP contribution in [0.2, 0.25) is 0 Å². The van der Waals surface area contributed by atoms with E-state index in [0.29, 0.717) is 4.70 Å². The summed E-state index contributed by atoms with van der Waals surface area (Å²) in [6.07, 6.45) is 4.61. The Labute approximate surface area is 239 Å². The van der Waals surface area contributed by atoms with E-state index >= 15 is 0 Å². The third-order valence-corrected chi connectivity index (χ3v) is 10.0. The predicted octanol–water partition coefficient (Wildman–Crippen LogP) is 7.39. The van der Waals surface area contributed by atoms with Gasteiger partial charge in [-0.2, -0.15) is 0 Å². The van der Waals surface area contributed by atoms with E-state index in [1.807, 2.05) is 0 Å². The maximum atomic E-state index is 2.51. The molecular weight excluding hydrogens is 498 g/mol. The van der Waals surface area contributed by atoms with Crippen LogP contribution in [-0.4, -0.2) is 0 Å². The van der Waals surface area contributed by atoms with Crippen molar-refractivity contribution in [2.24, 2.45) is 0 Å². The number of fused-ring (bicyclic) bond motifs is 11. The third kappa shape index (κ3) is 2.18. The van der Waals surface area contributed by atoms with Gasteiger partial charge in [-0.25, -0.2) is 0 Å². The molecule has 4 aromatic carbocycles. The summed E-state index contributed by atoms with van der Waals surface area (Å²) >= 11 is 0. The summed E-state index contributed by atoms with van der Waals surface area (Å²) in [6.45, 7) is 6.67. The largest absolute Gasteiger partial charge is 0.286 e. The summed E-state index contributed by atoms with van der Waals surface area (Å²) in [5.41, 5.74) is 19.5. The van der Waals surface area contributed by atoms with E-state index in [4.69, 9.17) is 0 Å². The smallest absolute Gasteiger partial charge is 0.0619 e. The number of pyridine rings is 2. The lowest BCUT2D eigenvalue weighted by atomic mass is 9.64. The van der Waals surface area contributed by atoms with Gasteiger partial charge in [-0.05, 0) is 77.9 Å². The van der Waals surface area contributed by atoms with E-state index in [2.05, 4.69) is 146 Å². The van der Waals surface area contributed by atoms with Crippen LogP contribution in [0.25, 0.3) is 33.6 Å². The molecule has 3 nitrogen and oxygen atoms in total. The SMILES string of the molecule is Cc1cc2c3c(c1)C1(c4ccccc4-c4ccccc41)c1cccc4c1[N+]3([n+]1ccc(C)cc1-4)[n+]1ccc(C)cc1-2. The highest BCUT2D eigenvalue weighted by Crippen LogP contribution is 2.67. The Hall–Kier alpha value is -4.86. The van der Waals surface area contributed by atoms with Crippen molar-refractivity contribution >= 4 is 11.4 Å². The first-order valence-electron chi connectivity index (χ1n) is 14.5. The maximum Gasteiger partial charge on any atom is 0.286 e. The van der Waals surface area contributed by atoms with Crippen LogP contribution >= 0.6 is 0 Å². The zero-order valence-corrected chi connectivity index (χ0v) is 23.3. The summed E-state index contributed by atoms with van der Waals surface area (Å²) < 4.78 is 5.53. The molecule has 41 heavy (non-hydrogen) atoms. The van der Waals surface area contributed by atoms with Crippen molar-refractivity contribution < 1.29 is 9.35 Å². The van der Waals surface area contributed by atoms with Crippen LogP contribution in [0.3, 0.4) is 0 Å². The van der Waals surface area contributed by atoms with Crippen LogP contribution < -0.4 is 14.1 Å². The number of benzene rings is 4. The molecule has 2 aromatic heterocycles. The van der Waals surface area contributed by atoms with Crippen molar-refractivity contribution in [3.05, 3.63) is 154 Å². The average Bonchev–Trinajstić information content (AvgIpc) is 3.56. The van der Waals surface area contributed by atoms with Gasteiger partial charge in [-0.15, -0.1) is 0 Å². The van der Waals surface area contributed by atoms with Gasteiger partial charge in [0.25, 0.3) is 22.8 Å². The summed E-state index contributed by atoms with van der Waals surface area (Å²) in [6, 6.07) is 39.4. The van der Waals surface area contributed by atoms with Crippen molar-refractivity contribution in [1.82, 2.24) is 4.70 Å². The molecule has 5 heterocycles. The maximum absolute atomic E-state index is 2.51. The quantitative estimate of drug-likeness (QED) is 0.144. The molecule has 1 aliphatic carbocycles. The van der Waals surface area contributed by atoms with Gasteiger partial charge in [0.1, 0.15) is 11.1 Å². The Morgan fingerprint density at radius 2 is 1.00 bits per heavy atom. The lowest BCUT2D eigenvalue weighted by molar-refractivity contribution is -1.02. The van der Waals surface area contributed by atoms with Crippen molar-refractivity contribution in [2.75, 3.05) is 0 Å². The fourth-order valence-corrected chi connectivity index (χ4v) is 8.70. The van der Waals surface area contributed by atoms with Gasteiger partial charge in [-0.1, -0.05) is 60.7 Å². The van der Waals surface area contributed by atoms with E-state index < -0.39 is 5.41 Å². The Kier molecular flexibility index (Phi) is 3.68. The molecule has 10 rings (SSSR count). The first-order chi connectivity index (χ1) is 20.1. The van der Waals surface area contributed by atoms with Crippen LogP contribution in [0.15, 0.2) is 116 Å². The molecule has 1 atom stereocenters. The van der Waals surface area contributed by atoms with Gasteiger partial charge in [0.05, 0.1) is 14.8 Å². The third-order valence-electron chi connectivity index (χ3n) is 10.0. The Morgan fingerprint density at radius 1 is 0.463 bits per heavy atom. The van der Waals surface area contributed by atoms with E-state index in [1.54, 1.807) is 0 Å². The van der Waals surface area contributed by atoms with Crippen molar-refractivity contribution in [1.29, 1.82) is 0 Å². The van der Waals surface area contributed by atoms with Crippen LogP contribution in [0.4, 0.5) is 11.4 Å². The highest BCUT2D eigenvalue weighted by atomic mass is 15.9. The molecule has 0 N–H and O–H groups in total. The number of hydrogen-bond acceptors (Lipinski definition) is 0. The average molecular weight is 527 g/mol. The van der Waals surface area contributed by atoms with Gasteiger partial charge in [0.15, 0.2) is 4.70 Å². The number of nitrogens with zero attached hydrogens (tertiary/aromatic N) is 3. The molecule has 3 heteroatoms. The van der Waals surface area contributed by atoms with Crippen LogP contribution in [0, 0.1) is 20.8 Å². The highest BCUT2D eigenvalue weighted by Gasteiger charge is 2.75. The number of aryl methyl sites for hydroxylation is 3. The fraction of sp³-hybridized carbons (Fsp3) is 0.105. The van der Waals surface area contributed by atoms with Gasteiger partial charge >= 0.3 is 0 Å². The Balaban J connectivity index is 1.52.